The molecule has 1 aliphatic heterocycles. The summed E-state index contributed by atoms with van der Waals surface area (Å²) in [6.07, 6.45) is 3.11. The fourth-order valence-corrected chi connectivity index (χ4v) is 4.12. The second kappa shape index (κ2) is 7.86. The molecule has 0 aromatic heterocycles. The van der Waals surface area contributed by atoms with Gasteiger partial charge in [0.25, 0.3) is 5.91 Å². The third kappa shape index (κ3) is 3.94. The predicted octanol–water partition coefficient (Wildman–Crippen LogP) is 1.92. The van der Waals surface area contributed by atoms with E-state index in [0.29, 0.717) is 24.4 Å². The molecule has 1 spiro atoms. The summed E-state index contributed by atoms with van der Waals surface area (Å²) in [6.45, 7) is 0.0550. The Morgan fingerprint density at radius 1 is 1.30 bits per heavy atom. The zero-order chi connectivity index (χ0) is 19.6. The van der Waals surface area contributed by atoms with Crippen LogP contribution in [0.4, 0.5) is 4.79 Å². The summed E-state index contributed by atoms with van der Waals surface area (Å²) in [4.78, 5) is 40.2. The second-order valence-electron chi connectivity index (χ2n) is 7.42. The summed E-state index contributed by atoms with van der Waals surface area (Å²) >= 11 is 6.28. The Bertz CT molecular complexity index is 746. The van der Waals surface area contributed by atoms with Gasteiger partial charge >= 0.3 is 6.03 Å². The van der Waals surface area contributed by atoms with Gasteiger partial charge in [-0.1, -0.05) is 42.6 Å². The van der Waals surface area contributed by atoms with E-state index in [9.17, 15) is 14.4 Å². The van der Waals surface area contributed by atoms with Crippen LogP contribution in [0.15, 0.2) is 24.3 Å². The molecule has 3 rings (SSSR count). The number of hydrogen-bond acceptors (Lipinski definition) is 4. The van der Waals surface area contributed by atoms with Gasteiger partial charge in [-0.3, -0.25) is 14.5 Å². The summed E-state index contributed by atoms with van der Waals surface area (Å²) in [5.74, 6) is -0.650. The zero-order valence-corrected chi connectivity index (χ0v) is 16.4. The van der Waals surface area contributed by atoms with Gasteiger partial charge in [-0.15, -0.1) is 0 Å². The van der Waals surface area contributed by atoms with Gasteiger partial charge in [0, 0.05) is 11.6 Å². The molecule has 2 fully saturated rings. The van der Waals surface area contributed by atoms with Crippen molar-refractivity contribution in [1.29, 1.82) is 0 Å². The maximum atomic E-state index is 12.6. The molecule has 7 nitrogen and oxygen atoms in total. The Kier molecular flexibility index (Phi) is 5.72. The fraction of sp³-hybridized carbons (Fsp3) is 0.526. The summed E-state index contributed by atoms with van der Waals surface area (Å²) in [5, 5.41) is 6.23. The first-order chi connectivity index (χ1) is 12.8. The quantitative estimate of drug-likeness (QED) is 0.725. The monoisotopic (exact) mass is 392 g/mol. The fourth-order valence-electron chi connectivity index (χ4n) is 3.86. The van der Waals surface area contributed by atoms with Crippen LogP contribution in [0.2, 0.25) is 5.02 Å². The number of rotatable bonds is 6. The average Bonchev–Trinajstić information content (AvgIpc) is 3.17. The normalized spacial score (nSPS) is 19.6. The number of amides is 4. The van der Waals surface area contributed by atoms with Gasteiger partial charge in [0.15, 0.2) is 0 Å². The van der Waals surface area contributed by atoms with Crippen LogP contribution in [0.1, 0.15) is 37.3 Å². The van der Waals surface area contributed by atoms with Crippen molar-refractivity contribution >= 4 is 29.4 Å². The topological polar surface area (TPSA) is 81.8 Å². The molecule has 1 aromatic rings. The van der Waals surface area contributed by atoms with Crippen molar-refractivity contribution in [2.75, 3.05) is 27.2 Å². The van der Waals surface area contributed by atoms with Gasteiger partial charge in [-0.25, -0.2) is 4.79 Å². The van der Waals surface area contributed by atoms with E-state index in [0.717, 1.165) is 23.3 Å². The highest BCUT2D eigenvalue weighted by atomic mass is 35.5. The summed E-state index contributed by atoms with van der Waals surface area (Å²) in [6, 6.07) is 6.88. The molecule has 4 amide bonds. The molecule has 8 heteroatoms. The lowest BCUT2D eigenvalue weighted by molar-refractivity contribution is -0.134. The summed E-state index contributed by atoms with van der Waals surface area (Å²) in [7, 11) is 3.81. The van der Waals surface area contributed by atoms with Crippen molar-refractivity contribution in [3.8, 4) is 0 Å². The highest BCUT2D eigenvalue weighted by Crippen LogP contribution is 2.34. The number of hydrogen-bond donors (Lipinski definition) is 2. The first-order valence-electron chi connectivity index (χ1n) is 9.16. The molecule has 27 heavy (non-hydrogen) atoms. The molecule has 1 aromatic carbocycles. The minimum Gasteiger partial charge on any atom is -0.353 e. The Balaban J connectivity index is 1.61. The molecule has 1 saturated heterocycles. The van der Waals surface area contributed by atoms with Crippen LogP contribution in [0.25, 0.3) is 0 Å². The van der Waals surface area contributed by atoms with Crippen LogP contribution >= 0.6 is 11.6 Å². The minimum atomic E-state index is -0.791. The highest BCUT2D eigenvalue weighted by Gasteiger charge is 2.52. The number of benzene rings is 1. The Morgan fingerprint density at radius 3 is 2.59 bits per heavy atom. The number of nitrogens with one attached hydrogen (secondary N) is 2. The smallest absolute Gasteiger partial charge is 0.325 e. The molecule has 0 bridgehead atoms. The van der Waals surface area contributed by atoms with Crippen molar-refractivity contribution in [3.63, 3.8) is 0 Å². The third-order valence-electron chi connectivity index (χ3n) is 5.38. The van der Waals surface area contributed by atoms with Gasteiger partial charge in [0.1, 0.15) is 12.1 Å². The molecular formula is C19H25ClN4O3. The predicted molar refractivity (Wildman–Crippen MR) is 102 cm³/mol. The molecule has 2 aliphatic rings. The van der Waals surface area contributed by atoms with Crippen LogP contribution in [0, 0.1) is 0 Å². The van der Waals surface area contributed by atoms with E-state index in [1.54, 1.807) is 0 Å². The van der Waals surface area contributed by atoms with Crippen molar-refractivity contribution in [2.45, 2.75) is 37.3 Å². The maximum Gasteiger partial charge on any atom is 0.325 e. The molecule has 1 saturated carbocycles. The largest absolute Gasteiger partial charge is 0.353 e. The van der Waals surface area contributed by atoms with Crippen LogP contribution < -0.4 is 10.6 Å². The lowest BCUT2D eigenvalue weighted by Crippen LogP contribution is -2.46. The van der Waals surface area contributed by atoms with Crippen LogP contribution in [-0.4, -0.2) is 60.4 Å². The molecule has 2 N–H and O–H groups in total. The van der Waals surface area contributed by atoms with E-state index >= 15 is 0 Å². The third-order valence-corrected chi connectivity index (χ3v) is 5.73. The van der Waals surface area contributed by atoms with E-state index < -0.39 is 11.6 Å². The lowest BCUT2D eigenvalue weighted by atomic mass is 9.98. The van der Waals surface area contributed by atoms with E-state index in [2.05, 4.69) is 10.6 Å². The van der Waals surface area contributed by atoms with E-state index in [4.69, 9.17) is 11.6 Å². The molecule has 1 unspecified atom stereocenters. The Labute approximate surface area is 164 Å². The first kappa shape index (κ1) is 19.6. The number of halogens is 1. The van der Waals surface area contributed by atoms with Gasteiger partial charge in [-0.2, -0.15) is 0 Å². The van der Waals surface area contributed by atoms with Gasteiger partial charge in [0.2, 0.25) is 5.91 Å². The second-order valence-corrected chi connectivity index (χ2v) is 7.82. The van der Waals surface area contributed by atoms with Crippen molar-refractivity contribution in [2.24, 2.45) is 0 Å². The van der Waals surface area contributed by atoms with Crippen LogP contribution in [0.5, 0.6) is 0 Å². The van der Waals surface area contributed by atoms with Crippen molar-refractivity contribution in [1.82, 2.24) is 20.4 Å². The first-order valence-corrected chi connectivity index (χ1v) is 9.53. The standard InChI is InChI=1S/C19H25ClN4O3/c1-23(2)15(13-7-3-4-8-14(13)20)11-21-16(25)12-24-17(26)19(22-18(24)27)9-5-6-10-19/h3-4,7-8,15H,5-6,9-12H2,1-2H3,(H,21,25)(H,22,27). The maximum absolute atomic E-state index is 12.6. The number of carbonyl (C=O) groups excluding carboxylic acids is 3. The minimum absolute atomic E-state index is 0.119. The molecule has 1 heterocycles. The molecule has 146 valence electrons. The summed E-state index contributed by atoms with van der Waals surface area (Å²) < 4.78 is 0. The molecular weight excluding hydrogens is 368 g/mol. The van der Waals surface area contributed by atoms with Crippen LogP contribution in [0.3, 0.4) is 0 Å². The number of carbonyl (C=O) groups is 3. The number of urea groups is 1. The van der Waals surface area contributed by atoms with Crippen molar-refractivity contribution in [3.05, 3.63) is 34.9 Å². The van der Waals surface area contributed by atoms with Crippen molar-refractivity contribution < 1.29 is 14.4 Å². The Hall–Kier alpha value is -2.12. The lowest BCUT2D eigenvalue weighted by Gasteiger charge is -2.26. The van der Waals surface area contributed by atoms with E-state index in [1.165, 1.54) is 0 Å². The van der Waals surface area contributed by atoms with Gasteiger partial charge < -0.3 is 15.5 Å². The molecule has 0 radical (unpaired) electrons. The van der Waals surface area contributed by atoms with Gasteiger partial charge in [-0.05, 0) is 38.6 Å². The van der Waals surface area contributed by atoms with Crippen LogP contribution in [-0.2, 0) is 9.59 Å². The Morgan fingerprint density at radius 2 is 1.96 bits per heavy atom. The van der Waals surface area contributed by atoms with E-state index in [-0.39, 0.29) is 24.4 Å². The highest BCUT2D eigenvalue weighted by molar-refractivity contribution is 6.31. The van der Waals surface area contributed by atoms with Gasteiger partial charge in [0.05, 0.1) is 6.04 Å². The SMILES string of the molecule is CN(C)C(CNC(=O)CN1C(=O)NC2(CCCC2)C1=O)c1ccccc1Cl. The van der Waals surface area contributed by atoms with E-state index in [1.807, 2.05) is 43.3 Å². The summed E-state index contributed by atoms with van der Waals surface area (Å²) in [5.41, 5.74) is 0.116. The molecule has 1 atom stereocenters. The molecule has 1 aliphatic carbocycles. The number of nitrogens with zero attached hydrogens (tertiary/aromatic N) is 2. The number of likely N-dealkylation sites (N-methyl/N-ethyl adjacent to an activating group) is 1. The average molecular weight is 393 g/mol. The zero-order valence-electron chi connectivity index (χ0n) is 15.6. The number of imide groups is 1.